The van der Waals surface area contributed by atoms with E-state index in [-0.39, 0.29) is 24.7 Å². The van der Waals surface area contributed by atoms with Crippen LogP contribution in [-0.2, 0) is 9.59 Å². The van der Waals surface area contributed by atoms with Gasteiger partial charge in [-0.1, -0.05) is 6.07 Å². The molecule has 5 heterocycles. The van der Waals surface area contributed by atoms with Gasteiger partial charge in [-0.15, -0.1) is 11.3 Å². The van der Waals surface area contributed by atoms with E-state index in [1.165, 1.54) is 11.3 Å². The first kappa shape index (κ1) is 25.7. The zero-order valence-electron chi connectivity index (χ0n) is 22.0. The van der Waals surface area contributed by atoms with Gasteiger partial charge >= 0.3 is 0 Å². The number of piperidine rings is 3. The number of carbonyl (C=O) groups is 5. The van der Waals surface area contributed by atoms with Gasteiger partial charge in [-0.3, -0.25) is 34.2 Å². The number of thiophene rings is 1. The third kappa shape index (κ3) is 4.64. The normalized spacial score (nSPS) is 22.9. The topological polar surface area (TPSA) is 107 Å². The van der Waals surface area contributed by atoms with Crippen LogP contribution in [0.3, 0.4) is 0 Å². The van der Waals surface area contributed by atoms with E-state index in [1.807, 2.05) is 29.3 Å². The van der Waals surface area contributed by atoms with E-state index in [0.29, 0.717) is 23.0 Å². The second-order valence-electron chi connectivity index (χ2n) is 11.1. The maximum Gasteiger partial charge on any atom is 0.264 e. The highest BCUT2D eigenvalue weighted by molar-refractivity contribution is 7.12. The van der Waals surface area contributed by atoms with Crippen LogP contribution < -0.4 is 10.2 Å². The van der Waals surface area contributed by atoms with Gasteiger partial charge in [0.05, 0.1) is 21.7 Å². The van der Waals surface area contributed by atoms with Crippen LogP contribution in [0.1, 0.15) is 74.5 Å². The van der Waals surface area contributed by atoms with Gasteiger partial charge in [0.15, 0.2) is 0 Å². The number of carbonyl (C=O) groups excluding carboxylic acids is 5. The fraction of sp³-hybridized carbons (Fsp3) is 0.483. The Morgan fingerprint density at radius 1 is 0.923 bits per heavy atom. The van der Waals surface area contributed by atoms with Crippen molar-refractivity contribution in [3.8, 4) is 0 Å². The number of benzene rings is 1. The molecule has 10 heteroatoms. The molecule has 3 saturated heterocycles. The molecule has 0 radical (unpaired) electrons. The number of hydrogen-bond acceptors (Lipinski definition) is 7. The van der Waals surface area contributed by atoms with Crippen LogP contribution in [0, 0.1) is 18.8 Å². The van der Waals surface area contributed by atoms with E-state index in [9.17, 15) is 24.0 Å². The number of aryl methyl sites for hydroxylation is 1. The van der Waals surface area contributed by atoms with Crippen molar-refractivity contribution in [3.63, 3.8) is 0 Å². The Balaban J connectivity index is 1.09. The average Bonchev–Trinajstić information content (AvgIpc) is 3.49. The van der Waals surface area contributed by atoms with Crippen molar-refractivity contribution < 1.29 is 24.0 Å². The van der Waals surface area contributed by atoms with E-state index in [0.717, 1.165) is 72.9 Å². The van der Waals surface area contributed by atoms with Crippen molar-refractivity contribution in [2.45, 2.75) is 51.5 Å². The van der Waals surface area contributed by atoms with Crippen LogP contribution in [0.5, 0.6) is 0 Å². The number of nitrogens with zero attached hydrogens (tertiary/aromatic N) is 3. The predicted octanol–water partition coefficient (Wildman–Crippen LogP) is 3.23. The Morgan fingerprint density at radius 3 is 2.26 bits per heavy atom. The molecule has 1 N–H and O–H groups in total. The van der Waals surface area contributed by atoms with Crippen molar-refractivity contribution >= 4 is 46.6 Å². The summed E-state index contributed by atoms with van der Waals surface area (Å²) in [7, 11) is 0. The van der Waals surface area contributed by atoms with E-state index in [4.69, 9.17) is 0 Å². The molecule has 1 aromatic carbocycles. The van der Waals surface area contributed by atoms with Crippen LogP contribution >= 0.6 is 11.3 Å². The zero-order chi connectivity index (χ0) is 27.3. The number of hydrogen-bond donors (Lipinski definition) is 1. The van der Waals surface area contributed by atoms with Crippen LogP contribution in [0.4, 0.5) is 5.69 Å². The molecule has 204 valence electrons. The minimum Gasteiger partial charge on any atom is -0.371 e. The van der Waals surface area contributed by atoms with Crippen molar-refractivity contribution in [2.75, 3.05) is 31.1 Å². The lowest BCUT2D eigenvalue weighted by atomic mass is 9.78. The molecule has 4 aliphatic rings. The lowest BCUT2D eigenvalue weighted by molar-refractivity contribution is -0.136. The summed E-state index contributed by atoms with van der Waals surface area (Å²) >= 11 is 1.52. The first-order valence-corrected chi connectivity index (χ1v) is 14.6. The summed E-state index contributed by atoms with van der Waals surface area (Å²) in [5, 5.41) is 4.27. The maximum atomic E-state index is 13.5. The molecule has 0 spiro atoms. The first-order chi connectivity index (χ1) is 18.8. The van der Waals surface area contributed by atoms with Crippen LogP contribution in [0.2, 0.25) is 0 Å². The molecule has 2 aromatic rings. The second kappa shape index (κ2) is 10.2. The number of anilines is 1. The molecule has 1 aromatic heterocycles. The summed E-state index contributed by atoms with van der Waals surface area (Å²) in [5.74, 6) is -0.622. The molecule has 4 aliphatic heterocycles. The van der Waals surface area contributed by atoms with Crippen LogP contribution in [0.15, 0.2) is 29.6 Å². The van der Waals surface area contributed by atoms with Gasteiger partial charge in [0, 0.05) is 32.6 Å². The second-order valence-corrected chi connectivity index (χ2v) is 12.0. The fourth-order valence-electron chi connectivity index (χ4n) is 6.65. The Labute approximate surface area is 231 Å². The van der Waals surface area contributed by atoms with Crippen molar-refractivity contribution in [1.82, 2.24) is 15.1 Å². The summed E-state index contributed by atoms with van der Waals surface area (Å²) in [6.45, 7) is 5.17. The molecule has 0 aliphatic carbocycles. The fourth-order valence-corrected chi connectivity index (χ4v) is 7.51. The molecular weight excluding hydrogens is 516 g/mol. The van der Waals surface area contributed by atoms with E-state index < -0.39 is 23.8 Å². The van der Waals surface area contributed by atoms with Crippen LogP contribution in [-0.4, -0.2) is 71.6 Å². The lowest BCUT2D eigenvalue weighted by Crippen LogP contribution is -2.54. The van der Waals surface area contributed by atoms with Crippen molar-refractivity contribution in [3.05, 3.63) is 51.2 Å². The van der Waals surface area contributed by atoms with E-state index >= 15 is 0 Å². The van der Waals surface area contributed by atoms with Gasteiger partial charge in [-0.2, -0.15) is 0 Å². The highest BCUT2D eigenvalue weighted by atomic mass is 32.1. The Morgan fingerprint density at radius 2 is 1.62 bits per heavy atom. The Bertz CT molecular complexity index is 1350. The van der Waals surface area contributed by atoms with E-state index in [2.05, 4.69) is 10.2 Å². The molecule has 5 amide bonds. The molecule has 39 heavy (non-hydrogen) atoms. The van der Waals surface area contributed by atoms with Gasteiger partial charge in [0.2, 0.25) is 11.8 Å². The predicted molar refractivity (Wildman–Crippen MR) is 146 cm³/mol. The van der Waals surface area contributed by atoms with E-state index in [1.54, 1.807) is 12.1 Å². The molecular formula is C29H32N4O5S. The molecule has 0 saturated carbocycles. The van der Waals surface area contributed by atoms with Crippen molar-refractivity contribution in [1.29, 1.82) is 0 Å². The highest BCUT2D eigenvalue weighted by Crippen LogP contribution is 2.38. The Kier molecular flexibility index (Phi) is 6.74. The van der Waals surface area contributed by atoms with Crippen LogP contribution in [0.25, 0.3) is 0 Å². The summed E-state index contributed by atoms with van der Waals surface area (Å²) in [4.78, 5) is 69.5. The zero-order valence-corrected chi connectivity index (χ0v) is 22.8. The molecule has 1 unspecified atom stereocenters. The minimum absolute atomic E-state index is 0.102. The highest BCUT2D eigenvalue weighted by Gasteiger charge is 2.46. The number of imide groups is 2. The Hall–Kier alpha value is -3.53. The molecule has 9 nitrogen and oxygen atoms in total. The smallest absolute Gasteiger partial charge is 0.264 e. The number of fused-ring (bicyclic) bond motifs is 1. The number of nitrogens with one attached hydrogen (secondary N) is 1. The monoisotopic (exact) mass is 548 g/mol. The summed E-state index contributed by atoms with van der Waals surface area (Å²) in [5.41, 5.74) is 2.55. The lowest BCUT2D eigenvalue weighted by Gasteiger charge is -2.41. The van der Waals surface area contributed by atoms with Gasteiger partial charge in [0.1, 0.15) is 6.04 Å². The largest absolute Gasteiger partial charge is 0.371 e. The number of amides is 5. The summed E-state index contributed by atoms with van der Waals surface area (Å²) in [6.07, 6.45) is 4.25. The number of rotatable bonds is 4. The van der Waals surface area contributed by atoms with Gasteiger partial charge in [-0.25, -0.2) is 0 Å². The molecule has 6 rings (SSSR count). The first-order valence-electron chi connectivity index (χ1n) is 13.8. The third-order valence-corrected chi connectivity index (χ3v) is 9.80. The standard InChI is InChI=1S/C29H32N4O5S/c1-17-15-23(39-16-17)28(37)32-13-9-19(10-14-32)18-7-11-31(12-8-18)21-4-2-3-20-25(21)29(38)33(27(20)36)22-5-6-24(34)30-26(22)35/h2-4,15-16,18-19,22H,5-14H2,1H3,(H,30,34,35). The van der Waals surface area contributed by atoms with Crippen molar-refractivity contribution in [2.24, 2.45) is 11.8 Å². The molecule has 1 atom stereocenters. The average molecular weight is 549 g/mol. The third-order valence-electron chi connectivity index (χ3n) is 8.76. The molecule has 3 fully saturated rings. The van der Waals surface area contributed by atoms with Gasteiger partial charge in [0.25, 0.3) is 17.7 Å². The van der Waals surface area contributed by atoms with Gasteiger partial charge < -0.3 is 9.80 Å². The maximum absolute atomic E-state index is 13.5. The SMILES string of the molecule is Cc1csc(C(=O)N2CCC(C3CCN(c4cccc5c4C(=O)N(C4CCC(=O)NC4=O)C5=O)CC3)CC2)c1. The summed E-state index contributed by atoms with van der Waals surface area (Å²) < 4.78 is 0. The summed E-state index contributed by atoms with van der Waals surface area (Å²) in [6, 6.07) is 6.33. The molecule has 0 bridgehead atoms. The quantitative estimate of drug-likeness (QED) is 0.588. The van der Waals surface area contributed by atoms with Gasteiger partial charge in [-0.05, 0) is 80.0 Å². The number of likely N-dealkylation sites (tertiary alicyclic amines) is 1. The minimum atomic E-state index is -0.963.